The zero-order valence-electron chi connectivity index (χ0n) is 18.3. The Morgan fingerprint density at radius 2 is 2.19 bits per heavy atom. The summed E-state index contributed by atoms with van der Waals surface area (Å²) in [6.45, 7) is 1.56. The number of carbonyl (C=O) groups excluding carboxylic acids is 1. The molecule has 1 aromatic carbocycles. The van der Waals surface area contributed by atoms with Crippen molar-refractivity contribution in [3.8, 4) is 0 Å². The smallest absolute Gasteiger partial charge is 0.259 e. The molecule has 32 heavy (non-hydrogen) atoms. The molecular formula is C24H27BrN6O. The molecule has 3 N–H and O–H groups in total. The molecule has 2 aromatic heterocycles. The number of halogens is 1. The van der Waals surface area contributed by atoms with E-state index in [0.717, 1.165) is 23.9 Å². The van der Waals surface area contributed by atoms with Gasteiger partial charge in [-0.3, -0.25) is 20.1 Å². The first-order chi connectivity index (χ1) is 15.4. The molecule has 1 aliphatic carbocycles. The van der Waals surface area contributed by atoms with Crippen molar-refractivity contribution in [2.75, 3.05) is 20.1 Å². The quantitative estimate of drug-likeness (QED) is 0.432. The van der Waals surface area contributed by atoms with E-state index in [0.29, 0.717) is 30.0 Å². The van der Waals surface area contributed by atoms with E-state index in [-0.39, 0.29) is 11.9 Å². The minimum absolute atomic E-state index is 0.149. The fourth-order valence-corrected chi connectivity index (χ4v) is 5.82. The van der Waals surface area contributed by atoms with Crippen molar-refractivity contribution in [2.24, 2.45) is 23.7 Å². The van der Waals surface area contributed by atoms with Crippen LogP contribution in [0.5, 0.6) is 0 Å². The van der Waals surface area contributed by atoms with Gasteiger partial charge in [-0.05, 0) is 65.0 Å². The number of rotatable bonds is 3. The third-order valence-electron chi connectivity index (χ3n) is 6.85. The molecule has 8 heteroatoms. The second kappa shape index (κ2) is 8.33. The van der Waals surface area contributed by atoms with Gasteiger partial charge in [0.2, 0.25) is 0 Å². The number of pyridine rings is 1. The Morgan fingerprint density at radius 1 is 1.34 bits per heavy atom. The van der Waals surface area contributed by atoms with Crippen LogP contribution in [0.1, 0.15) is 33.8 Å². The predicted molar refractivity (Wildman–Crippen MR) is 130 cm³/mol. The van der Waals surface area contributed by atoms with Crippen LogP contribution in [0.2, 0.25) is 0 Å². The molecule has 3 aromatic rings. The van der Waals surface area contributed by atoms with E-state index < -0.39 is 0 Å². The van der Waals surface area contributed by atoms with Crippen molar-refractivity contribution in [1.29, 1.82) is 0 Å². The standard InChI is InChI=1S/C24H27BrN6O/c1-30-12-14(9-28-24(26)29-23(32)15-7-17(25)11-27-10-15)6-19-18-4-3-5-20-22(18)16(8-21(19)30)13-31(20)2/h3-5,7,10-11,13-14,19,21H,6,8-9,12H2,1-2H3,(H3,26,28,29,32)/t14-,19+,21+/m0/s1. The van der Waals surface area contributed by atoms with E-state index in [1.165, 1.54) is 28.2 Å². The summed E-state index contributed by atoms with van der Waals surface area (Å²) >= 11 is 3.33. The number of likely N-dealkylation sites (tertiary alicyclic amines) is 1. The summed E-state index contributed by atoms with van der Waals surface area (Å²) < 4.78 is 2.99. The lowest BCUT2D eigenvalue weighted by atomic mass is 9.72. The van der Waals surface area contributed by atoms with Crippen LogP contribution in [0.25, 0.3) is 10.9 Å². The van der Waals surface area contributed by atoms with Gasteiger partial charge in [-0.15, -0.1) is 0 Å². The van der Waals surface area contributed by atoms with Crippen LogP contribution < -0.4 is 11.1 Å². The number of benzene rings is 1. The lowest BCUT2D eigenvalue weighted by Gasteiger charge is -2.45. The molecule has 7 nitrogen and oxygen atoms in total. The van der Waals surface area contributed by atoms with Gasteiger partial charge in [0.25, 0.3) is 5.91 Å². The van der Waals surface area contributed by atoms with Gasteiger partial charge in [0.05, 0.1) is 5.56 Å². The maximum absolute atomic E-state index is 12.4. The highest BCUT2D eigenvalue weighted by Crippen LogP contribution is 2.44. The Bertz CT molecular complexity index is 1220. The molecule has 0 radical (unpaired) electrons. The number of piperidine rings is 1. The minimum Gasteiger partial charge on any atom is -0.370 e. The maximum atomic E-state index is 12.4. The van der Waals surface area contributed by atoms with Crippen molar-refractivity contribution < 1.29 is 4.79 Å². The van der Waals surface area contributed by atoms with Crippen LogP contribution in [0.4, 0.5) is 0 Å². The molecule has 1 amide bonds. The van der Waals surface area contributed by atoms with Crippen LogP contribution in [0.3, 0.4) is 0 Å². The summed E-state index contributed by atoms with van der Waals surface area (Å²) in [7, 11) is 4.35. The monoisotopic (exact) mass is 494 g/mol. The number of aromatic nitrogens is 2. The van der Waals surface area contributed by atoms with E-state index in [4.69, 9.17) is 5.73 Å². The summed E-state index contributed by atoms with van der Waals surface area (Å²) in [4.78, 5) is 23.4. The molecular weight excluding hydrogens is 468 g/mol. The van der Waals surface area contributed by atoms with E-state index in [9.17, 15) is 4.79 Å². The average Bonchev–Trinajstić information content (AvgIpc) is 3.10. The minimum atomic E-state index is -0.309. The molecule has 166 valence electrons. The molecule has 3 heterocycles. The number of carbonyl (C=O) groups is 1. The van der Waals surface area contributed by atoms with Crippen LogP contribution in [0, 0.1) is 5.92 Å². The Morgan fingerprint density at radius 3 is 3.00 bits per heavy atom. The fraction of sp³-hybridized carbons (Fsp3) is 0.375. The van der Waals surface area contributed by atoms with Crippen LogP contribution >= 0.6 is 15.9 Å². The number of likely N-dealkylation sites (N-methyl/N-ethyl adjacent to an activating group) is 1. The number of amides is 1. The van der Waals surface area contributed by atoms with E-state index in [1.54, 1.807) is 12.3 Å². The van der Waals surface area contributed by atoms with Gasteiger partial charge in [-0.2, -0.15) is 0 Å². The molecule has 5 rings (SSSR count). The molecule has 1 fully saturated rings. The van der Waals surface area contributed by atoms with Crippen molar-refractivity contribution in [2.45, 2.75) is 24.8 Å². The Balaban J connectivity index is 1.30. The van der Waals surface area contributed by atoms with Crippen LogP contribution in [0.15, 0.2) is 52.3 Å². The normalized spacial score (nSPS) is 23.2. The van der Waals surface area contributed by atoms with Crippen LogP contribution in [-0.2, 0) is 13.5 Å². The number of nitrogens with two attached hydrogens (primary N) is 1. The molecule has 0 saturated carbocycles. The van der Waals surface area contributed by atoms with E-state index in [1.807, 2.05) is 0 Å². The average molecular weight is 495 g/mol. The summed E-state index contributed by atoms with van der Waals surface area (Å²) in [5, 5.41) is 4.11. The first kappa shape index (κ1) is 21.2. The Kier molecular flexibility index (Phi) is 5.51. The van der Waals surface area contributed by atoms with E-state index in [2.05, 4.69) is 79.2 Å². The maximum Gasteiger partial charge on any atom is 0.259 e. The topological polar surface area (TPSA) is 88.5 Å². The number of hydrogen-bond acceptors (Lipinski definition) is 4. The highest BCUT2D eigenvalue weighted by atomic mass is 79.9. The Labute approximate surface area is 195 Å². The Hall–Kier alpha value is -2.71. The van der Waals surface area contributed by atoms with Gasteiger partial charge in [-0.25, -0.2) is 0 Å². The van der Waals surface area contributed by atoms with Crippen LogP contribution in [-0.4, -0.2) is 52.5 Å². The molecule has 3 atom stereocenters. The van der Waals surface area contributed by atoms with Gasteiger partial charge >= 0.3 is 0 Å². The number of aliphatic imine (C=N–C) groups is 1. The second-order valence-corrected chi connectivity index (χ2v) is 9.91. The predicted octanol–water partition coefficient (Wildman–Crippen LogP) is 3.04. The highest BCUT2D eigenvalue weighted by Gasteiger charge is 2.39. The molecule has 0 bridgehead atoms. The van der Waals surface area contributed by atoms with Gasteiger partial charge in [-0.1, -0.05) is 12.1 Å². The van der Waals surface area contributed by atoms with Gasteiger partial charge in [0.1, 0.15) is 0 Å². The number of fused-ring (bicyclic) bond motifs is 2. The first-order valence-corrected chi connectivity index (χ1v) is 11.7. The van der Waals surface area contributed by atoms with E-state index >= 15 is 0 Å². The van der Waals surface area contributed by atoms with Crippen molar-refractivity contribution in [1.82, 2.24) is 19.8 Å². The van der Waals surface area contributed by atoms with Gasteiger partial charge < -0.3 is 15.2 Å². The summed E-state index contributed by atoms with van der Waals surface area (Å²) in [6, 6.07) is 8.89. The molecule has 0 spiro atoms. The molecule has 1 aliphatic heterocycles. The molecule has 0 unspecified atom stereocenters. The SMILES string of the molecule is CN1C[C@H](CN=C(N)NC(=O)c2cncc(Br)c2)C[C@@H]2c3cccc4c3c(cn4C)C[C@H]21. The molecule has 1 saturated heterocycles. The number of aryl methyl sites for hydroxylation is 1. The third-order valence-corrected chi connectivity index (χ3v) is 7.28. The van der Waals surface area contributed by atoms with Crippen molar-refractivity contribution >= 4 is 38.7 Å². The number of nitrogens with one attached hydrogen (secondary N) is 1. The lowest BCUT2D eigenvalue weighted by Crippen LogP contribution is -2.48. The van der Waals surface area contributed by atoms with Crippen molar-refractivity contribution in [3.05, 3.63) is 64.0 Å². The van der Waals surface area contributed by atoms with Crippen molar-refractivity contribution in [3.63, 3.8) is 0 Å². The summed E-state index contributed by atoms with van der Waals surface area (Å²) in [5.41, 5.74) is 10.7. The number of guanidine groups is 1. The highest BCUT2D eigenvalue weighted by molar-refractivity contribution is 9.10. The first-order valence-electron chi connectivity index (χ1n) is 10.9. The summed E-state index contributed by atoms with van der Waals surface area (Å²) in [5.74, 6) is 0.702. The lowest BCUT2D eigenvalue weighted by molar-refractivity contribution is 0.0975. The largest absolute Gasteiger partial charge is 0.370 e. The zero-order valence-corrected chi connectivity index (χ0v) is 19.8. The van der Waals surface area contributed by atoms with Gasteiger partial charge in [0.15, 0.2) is 5.96 Å². The fourth-order valence-electron chi connectivity index (χ4n) is 5.45. The number of hydrogen-bond donors (Lipinski definition) is 2. The third kappa shape index (κ3) is 3.82. The number of nitrogens with zero attached hydrogens (tertiary/aromatic N) is 4. The summed E-state index contributed by atoms with van der Waals surface area (Å²) in [6.07, 6.45) is 7.59. The second-order valence-electron chi connectivity index (χ2n) is 9.00. The van der Waals surface area contributed by atoms with Gasteiger partial charge in [0, 0.05) is 66.1 Å². The molecule has 2 aliphatic rings. The zero-order chi connectivity index (χ0) is 22.4.